The summed E-state index contributed by atoms with van der Waals surface area (Å²) in [6.45, 7) is 4.02. The van der Waals surface area contributed by atoms with E-state index in [0.29, 0.717) is 33.8 Å². The van der Waals surface area contributed by atoms with E-state index in [1.165, 1.54) is 0 Å². The fraction of sp³-hybridized carbons (Fsp3) is 0.133. The van der Waals surface area contributed by atoms with Crippen LogP contribution < -0.4 is 10.2 Å². The van der Waals surface area contributed by atoms with E-state index in [0.717, 1.165) is 16.7 Å². The minimum Gasteiger partial charge on any atom is -0.467 e. The zero-order chi connectivity index (χ0) is 24.8. The number of para-hydroxylation sites is 1. The van der Waals surface area contributed by atoms with Crippen LogP contribution in [-0.2, 0) is 6.54 Å². The van der Waals surface area contributed by atoms with E-state index in [-0.39, 0.29) is 23.6 Å². The molecule has 6 rings (SSSR count). The van der Waals surface area contributed by atoms with Gasteiger partial charge in [-0.3, -0.25) is 9.59 Å². The zero-order valence-electron chi connectivity index (χ0n) is 19.9. The molecule has 1 atom stereocenters. The highest BCUT2D eigenvalue weighted by atomic mass is 16.5. The topological polar surface area (TPSA) is 72.9 Å². The van der Waals surface area contributed by atoms with Crippen molar-refractivity contribution in [2.24, 2.45) is 0 Å². The molecule has 2 aromatic heterocycles. The van der Waals surface area contributed by atoms with Crippen LogP contribution in [0.3, 0.4) is 0 Å². The smallest absolute Gasteiger partial charge is 0.291 e. The van der Waals surface area contributed by atoms with Crippen molar-refractivity contribution < 1.29 is 18.4 Å². The Balaban J connectivity index is 1.53. The third-order valence-electron chi connectivity index (χ3n) is 6.47. The molecule has 0 bridgehead atoms. The maximum absolute atomic E-state index is 13.9. The lowest BCUT2D eigenvalue weighted by molar-refractivity contribution is 0.0701. The summed E-state index contributed by atoms with van der Waals surface area (Å²) in [5, 5.41) is 0.494. The van der Waals surface area contributed by atoms with Gasteiger partial charge in [-0.25, -0.2) is 0 Å². The van der Waals surface area contributed by atoms with Gasteiger partial charge in [0.15, 0.2) is 5.43 Å². The van der Waals surface area contributed by atoms with E-state index in [4.69, 9.17) is 13.6 Å². The molecular weight excluding hydrogens is 454 g/mol. The van der Waals surface area contributed by atoms with Gasteiger partial charge in [0.2, 0.25) is 5.76 Å². The van der Waals surface area contributed by atoms with E-state index in [9.17, 15) is 9.59 Å². The number of benzene rings is 3. The van der Waals surface area contributed by atoms with Crippen molar-refractivity contribution in [1.29, 1.82) is 0 Å². The van der Waals surface area contributed by atoms with Gasteiger partial charge in [-0.2, -0.15) is 0 Å². The van der Waals surface area contributed by atoms with Crippen LogP contribution in [0.25, 0.3) is 11.0 Å². The number of rotatable bonds is 5. The summed E-state index contributed by atoms with van der Waals surface area (Å²) in [4.78, 5) is 29.2. The summed E-state index contributed by atoms with van der Waals surface area (Å²) in [6, 6.07) is 23.6. The molecule has 36 heavy (non-hydrogen) atoms. The number of nitrogens with zero attached hydrogens (tertiary/aromatic N) is 1. The average Bonchev–Trinajstić information content (AvgIpc) is 3.47. The van der Waals surface area contributed by atoms with Gasteiger partial charge in [0.25, 0.3) is 5.91 Å². The molecular formula is C30H23NO5. The van der Waals surface area contributed by atoms with Crippen LogP contribution in [0.5, 0.6) is 11.5 Å². The van der Waals surface area contributed by atoms with E-state index in [1.54, 1.807) is 23.3 Å². The van der Waals surface area contributed by atoms with E-state index in [1.807, 2.05) is 80.6 Å². The van der Waals surface area contributed by atoms with Gasteiger partial charge in [-0.1, -0.05) is 36.4 Å². The molecule has 5 aromatic rings. The SMILES string of the molecule is Cc1cc(C)c2c(=O)c3c(oc2c1)C(=O)N(Cc1ccco1)C3c1cccc(Oc2ccccc2)c1. The molecule has 6 heteroatoms. The molecule has 0 saturated heterocycles. The number of hydrogen-bond donors (Lipinski definition) is 0. The number of furan rings is 1. The van der Waals surface area contributed by atoms with E-state index >= 15 is 0 Å². The van der Waals surface area contributed by atoms with Gasteiger partial charge in [-0.05, 0) is 73.0 Å². The first-order chi connectivity index (χ1) is 17.5. The Morgan fingerprint density at radius 2 is 1.69 bits per heavy atom. The van der Waals surface area contributed by atoms with Crippen molar-refractivity contribution in [2.75, 3.05) is 0 Å². The van der Waals surface area contributed by atoms with Crippen LogP contribution in [0.2, 0.25) is 0 Å². The van der Waals surface area contributed by atoms with Crippen molar-refractivity contribution in [3.8, 4) is 11.5 Å². The molecule has 0 spiro atoms. The Labute approximate surface area is 207 Å². The van der Waals surface area contributed by atoms with Crippen molar-refractivity contribution in [1.82, 2.24) is 4.90 Å². The Bertz CT molecular complexity index is 1650. The maximum atomic E-state index is 13.9. The highest BCUT2D eigenvalue weighted by Crippen LogP contribution is 2.40. The Morgan fingerprint density at radius 1 is 0.889 bits per heavy atom. The molecule has 0 fully saturated rings. The van der Waals surface area contributed by atoms with Crippen LogP contribution >= 0.6 is 0 Å². The molecule has 0 radical (unpaired) electrons. The molecule has 6 nitrogen and oxygen atoms in total. The fourth-order valence-electron chi connectivity index (χ4n) is 4.97. The van der Waals surface area contributed by atoms with Crippen molar-refractivity contribution in [2.45, 2.75) is 26.4 Å². The number of carbonyl (C=O) groups excluding carboxylic acids is 1. The molecule has 178 valence electrons. The van der Waals surface area contributed by atoms with Gasteiger partial charge < -0.3 is 18.5 Å². The second-order valence-electron chi connectivity index (χ2n) is 9.03. The average molecular weight is 478 g/mol. The first kappa shape index (κ1) is 21.9. The quantitative estimate of drug-likeness (QED) is 0.287. The van der Waals surface area contributed by atoms with Gasteiger partial charge in [0.05, 0.1) is 29.8 Å². The number of fused-ring (bicyclic) bond motifs is 2. The number of aryl methyl sites for hydroxylation is 2. The normalized spacial score (nSPS) is 14.9. The Morgan fingerprint density at radius 3 is 2.47 bits per heavy atom. The monoisotopic (exact) mass is 477 g/mol. The standard InChI is InChI=1S/C30H23NO5/c1-18-14-19(2)25-24(15-18)36-29-26(28(25)32)27(31(30(29)33)17-23-12-7-13-34-23)20-8-6-11-22(16-20)35-21-9-4-3-5-10-21/h3-16,27H,17H2,1-2H3. The molecule has 1 aliphatic rings. The Kier molecular flexibility index (Phi) is 5.22. The number of amides is 1. The number of hydrogen-bond acceptors (Lipinski definition) is 5. The molecule has 3 aromatic carbocycles. The lowest BCUT2D eigenvalue weighted by atomic mass is 9.96. The third-order valence-corrected chi connectivity index (χ3v) is 6.47. The molecule has 1 unspecified atom stereocenters. The van der Waals surface area contributed by atoms with Crippen LogP contribution in [0.1, 0.15) is 44.6 Å². The summed E-state index contributed by atoms with van der Waals surface area (Å²) in [5.41, 5.74) is 3.09. The lowest BCUT2D eigenvalue weighted by Crippen LogP contribution is -2.29. The van der Waals surface area contributed by atoms with Crippen molar-refractivity contribution in [3.63, 3.8) is 0 Å². The summed E-state index contributed by atoms with van der Waals surface area (Å²) in [6.07, 6.45) is 1.57. The zero-order valence-corrected chi connectivity index (χ0v) is 19.9. The van der Waals surface area contributed by atoms with Gasteiger partial charge in [-0.15, -0.1) is 0 Å². The molecule has 0 saturated carbocycles. The highest BCUT2D eigenvalue weighted by Gasteiger charge is 2.43. The number of ether oxygens (including phenoxy) is 1. The highest BCUT2D eigenvalue weighted by molar-refractivity contribution is 5.99. The minimum atomic E-state index is -0.654. The molecule has 1 amide bonds. The van der Waals surface area contributed by atoms with Crippen LogP contribution in [0, 0.1) is 13.8 Å². The largest absolute Gasteiger partial charge is 0.467 e. The van der Waals surface area contributed by atoms with Crippen LogP contribution in [0.15, 0.2) is 98.8 Å². The van der Waals surface area contributed by atoms with Crippen LogP contribution in [-0.4, -0.2) is 10.8 Å². The predicted molar refractivity (Wildman–Crippen MR) is 135 cm³/mol. The van der Waals surface area contributed by atoms with E-state index in [2.05, 4.69) is 0 Å². The van der Waals surface area contributed by atoms with Gasteiger partial charge >= 0.3 is 0 Å². The second kappa shape index (κ2) is 8.57. The minimum absolute atomic E-state index is 0.0726. The summed E-state index contributed by atoms with van der Waals surface area (Å²) in [5.74, 6) is 1.64. The third kappa shape index (κ3) is 3.67. The van der Waals surface area contributed by atoms with Crippen LogP contribution in [0.4, 0.5) is 0 Å². The molecule has 0 N–H and O–H groups in total. The molecule has 0 aliphatic carbocycles. The van der Waals surface area contributed by atoms with Gasteiger partial charge in [0.1, 0.15) is 22.8 Å². The van der Waals surface area contributed by atoms with Gasteiger partial charge in [0, 0.05) is 0 Å². The summed E-state index contributed by atoms with van der Waals surface area (Å²) >= 11 is 0. The number of carbonyl (C=O) groups is 1. The predicted octanol–water partition coefficient (Wildman–Crippen LogP) is 6.54. The lowest BCUT2D eigenvalue weighted by Gasteiger charge is -2.24. The first-order valence-electron chi connectivity index (χ1n) is 11.7. The van der Waals surface area contributed by atoms with Crippen molar-refractivity contribution in [3.05, 3.63) is 129 Å². The molecule has 1 aliphatic heterocycles. The molecule has 3 heterocycles. The maximum Gasteiger partial charge on any atom is 0.291 e. The Hall–Kier alpha value is -4.58. The fourth-order valence-corrected chi connectivity index (χ4v) is 4.97. The summed E-state index contributed by atoms with van der Waals surface area (Å²) in [7, 11) is 0. The first-order valence-corrected chi connectivity index (χ1v) is 11.7. The second-order valence-corrected chi connectivity index (χ2v) is 9.03. The summed E-state index contributed by atoms with van der Waals surface area (Å²) < 4.78 is 17.7. The van der Waals surface area contributed by atoms with Crippen molar-refractivity contribution >= 4 is 16.9 Å². The van der Waals surface area contributed by atoms with E-state index < -0.39 is 6.04 Å².